The van der Waals surface area contributed by atoms with E-state index in [0.717, 1.165) is 19.4 Å². The molecule has 0 amide bonds. The molecule has 0 unspecified atom stereocenters. The summed E-state index contributed by atoms with van der Waals surface area (Å²) < 4.78 is 0. The first-order chi connectivity index (χ1) is 8.74. The van der Waals surface area contributed by atoms with Gasteiger partial charge in [-0.2, -0.15) is 0 Å². The third kappa shape index (κ3) is 2.00. The number of rotatable bonds is 1. The molecule has 0 aromatic heterocycles. The minimum absolute atomic E-state index is 0.949. The molecule has 92 valence electrons. The van der Waals surface area contributed by atoms with E-state index >= 15 is 0 Å². The van der Waals surface area contributed by atoms with Gasteiger partial charge >= 0.3 is 0 Å². The van der Waals surface area contributed by atoms with Crippen molar-refractivity contribution in [3.63, 3.8) is 0 Å². The van der Waals surface area contributed by atoms with E-state index in [-0.39, 0.29) is 0 Å². The highest BCUT2D eigenvalue weighted by atomic mass is 15.4. The lowest BCUT2D eigenvalue weighted by atomic mass is 9.97. The number of fused-ring (bicyclic) bond motifs is 1. The largest absolute Gasteiger partial charge is 0.311 e. The number of hydrazine groups is 1. The van der Waals surface area contributed by atoms with Crippen LogP contribution in [0.3, 0.4) is 0 Å². The van der Waals surface area contributed by atoms with Gasteiger partial charge in [-0.05, 0) is 42.5 Å². The van der Waals surface area contributed by atoms with Gasteiger partial charge in [0.25, 0.3) is 0 Å². The molecule has 1 aliphatic rings. The predicted octanol–water partition coefficient (Wildman–Crippen LogP) is 3.29. The van der Waals surface area contributed by atoms with E-state index in [1.54, 1.807) is 0 Å². The Kier molecular flexibility index (Phi) is 2.80. The molecule has 2 heteroatoms. The van der Waals surface area contributed by atoms with Crippen LogP contribution in [0.1, 0.15) is 17.5 Å². The Labute approximate surface area is 108 Å². The van der Waals surface area contributed by atoms with Gasteiger partial charge in [-0.1, -0.05) is 42.0 Å². The topological polar surface area (TPSA) is 29.3 Å². The third-order valence-electron chi connectivity index (χ3n) is 3.62. The van der Waals surface area contributed by atoms with Gasteiger partial charge in [0.15, 0.2) is 0 Å². The Morgan fingerprint density at radius 3 is 2.50 bits per heavy atom. The molecule has 0 radical (unpaired) electrons. The highest BCUT2D eigenvalue weighted by Crippen LogP contribution is 2.30. The molecule has 18 heavy (non-hydrogen) atoms. The van der Waals surface area contributed by atoms with E-state index < -0.39 is 0 Å². The zero-order valence-electron chi connectivity index (χ0n) is 10.7. The number of hydrogen-bond acceptors (Lipinski definition) is 2. The number of hydrogen-bond donors (Lipinski definition) is 1. The van der Waals surface area contributed by atoms with Crippen molar-refractivity contribution >= 4 is 5.69 Å². The second-order valence-electron chi connectivity index (χ2n) is 5.01. The molecule has 0 bridgehead atoms. The van der Waals surface area contributed by atoms with Crippen LogP contribution in [-0.4, -0.2) is 6.54 Å². The van der Waals surface area contributed by atoms with Gasteiger partial charge in [-0.25, -0.2) is 5.84 Å². The van der Waals surface area contributed by atoms with Gasteiger partial charge in [0.05, 0.1) is 5.69 Å². The second-order valence-corrected chi connectivity index (χ2v) is 5.01. The van der Waals surface area contributed by atoms with E-state index in [4.69, 9.17) is 5.84 Å². The Hall–Kier alpha value is -1.80. The number of aryl methyl sites for hydroxylation is 2. The fourth-order valence-electron chi connectivity index (χ4n) is 2.53. The molecule has 2 aromatic carbocycles. The summed E-state index contributed by atoms with van der Waals surface area (Å²) in [6.07, 6.45) is 2.28. The number of anilines is 1. The van der Waals surface area contributed by atoms with Gasteiger partial charge < -0.3 is 5.01 Å². The summed E-state index contributed by atoms with van der Waals surface area (Å²) in [7, 11) is 0. The number of benzene rings is 2. The molecule has 2 nitrogen and oxygen atoms in total. The number of nitrogens with two attached hydrogens (primary N) is 1. The van der Waals surface area contributed by atoms with E-state index in [1.807, 2.05) is 5.01 Å². The van der Waals surface area contributed by atoms with Crippen LogP contribution in [-0.2, 0) is 6.42 Å². The first-order valence-corrected chi connectivity index (χ1v) is 6.46. The van der Waals surface area contributed by atoms with Crippen molar-refractivity contribution in [2.24, 2.45) is 5.84 Å². The smallest absolute Gasteiger partial charge is 0.0555 e. The van der Waals surface area contributed by atoms with Crippen LogP contribution in [0.25, 0.3) is 11.1 Å². The predicted molar refractivity (Wildman–Crippen MR) is 76.5 cm³/mol. The van der Waals surface area contributed by atoms with Crippen molar-refractivity contribution in [1.29, 1.82) is 0 Å². The SMILES string of the molecule is Cc1ccc(-c2ccc3c(c2)N(N)CCC3)cc1. The molecule has 0 aliphatic carbocycles. The average Bonchev–Trinajstić information content (AvgIpc) is 2.40. The van der Waals surface area contributed by atoms with E-state index in [0.29, 0.717) is 0 Å². The standard InChI is InChI=1S/C16H18N2/c1-12-4-6-13(7-5-12)15-9-8-14-3-2-10-18(17)16(14)11-15/h4-9,11H,2-3,10,17H2,1H3. The molecule has 0 atom stereocenters. The van der Waals surface area contributed by atoms with Gasteiger partial charge in [-0.15, -0.1) is 0 Å². The highest BCUT2D eigenvalue weighted by Gasteiger charge is 2.14. The van der Waals surface area contributed by atoms with Crippen molar-refractivity contribution in [1.82, 2.24) is 0 Å². The Balaban J connectivity index is 2.03. The lowest BCUT2D eigenvalue weighted by Gasteiger charge is -2.27. The quantitative estimate of drug-likeness (QED) is 0.772. The van der Waals surface area contributed by atoms with Crippen LogP contribution in [0.4, 0.5) is 5.69 Å². The molecule has 1 heterocycles. The molecule has 2 N–H and O–H groups in total. The maximum Gasteiger partial charge on any atom is 0.0555 e. The zero-order chi connectivity index (χ0) is 12.5. The molecule has 0 saturated carbocycles. The van der Waals surface area contributed by atoms with Crippen LogP contribution < -0.4 is 10.9 Å². The monoisotopic (exact) mass is 238 g/mol. The summed E-state index contributed by atoms with van der Waals surface area (Å²) >= 11 is 0. The van der Waals surface area contributed by atoms with Crippen LogP contribution in [0.5, 0.6) is 0 Å². The fourth-order valence-corrected chi connectivity index (χ4v) is 2.53. The summed E-state index contributed by atoms with van der Waals surface area (Å²) in [6, 6.07) is 15.2. The van der Waals surface area contributed by atoms with Gasteiger partial charge in [0.1, 0.15) is 0 Å². The van der Waals surface area contributed by atoms with Crippen LogP contribution >= 0.6 is 0 Å². The molecule has 1 aliphatic heterocycles. The molecule has 0 saturated heterocycles. The zero-order valence-corrected chi connectivity index (χ0v) is 10.7. The van der Waals surface area contributed by atoms with Crippen LogP contribution in [0.2, 0.25) is 0 Å². The second kappa shape index (κ2) is 4.46. The van der Waals surface area contributed by atoms with Crippen molar-refractivity contribution in [2.75, 3.05) is 11.6 Å². The molecule has 0 spiro atoms. The van der Waals surface area contributed by atoms with E-state index in [9.17, 15) is 0 Å². The summed E-state index contributed by atoms with van der Waals surface area (Å²) in [5.41, 5.74) is 6.32. The average molecular weight is 238 g/mol. The van der Waals surface area contributed by atoms with Crippen molar-refractivity contribution in [3.8, 4) is 11.1 Å². The van der Waals surface area contributed by atoms with Crippen molar-refractivity contribution in [2.45, 2.75) is 19.8 Å². The normalized spacial score (nSPS) is 14.4. The van der Waals surface area contributed by atoms with Crippen LogP contribution in [0, 0.1) is 6.92 Å². The lowest BCUT2D eigenvalue weighted by Crippen LogP contribution is -2.35. The van der Waals surface area contributed by atoms with Gasteiger partial charge in [0, 0.05) is 6.54 Å². The summed E-state index contributed by atoms with van der Waals surface area (Å²) in [5.74, 6) is 6.05. The van der Waals surface area contributed by atoms with E-state index in [1.165, 1.54) is 27.9 Å². The van der Waals surface area contributed by atoms with Gasteiger partial charge in [-0.3, -0.25) is 0 Å². The molecule has 0 fully saturated rings. The third-order valence-corrected chi connectivity index (χ3v) is 3.62. The minimum atomic E-state index is 0.949. The lowest BCUT2D eigenvalue weighted by molar-refractivity contribution is 0.714. The van der Waals surface area contributed by atoms with Crippen molar-refractivity contribution < 1.29 is 0 Å². The fraction of sp³-hybridized carbons (Fsp3) is 0.250. The first-order valence-electron chi connectivity index (χ1n) is 6.46. The highest BCUT2D eigenvalue weighted by molar-refractivity contribution is 5.71. The molecular weight excluding hydrogens is 220 g/mol. The summed E-state index contributed by atoms with van der Waals surface area (Å²) in [4.78, 5) is 0. The summed E-state index contributed by atoms with van der Waals surface area (Å²) in [6.45, 7) is 3.06. The van der Waals surface area contributed by atoms with Crippen molar-refractivity contribution in [3.05, 3.63) is 53.6 Å². The molecule has 3 rings (SSSR count). The van der Waals surface area contributed by atoms with Crippen LogP contribution in [0.15, 0.2) is 42.5 Å². The van der Waals surface area contributed by atoms with E-state index in [2.05, 4.69) is 49.4 Å². The first kappa shape index (κ1) is 11.3. The minimum Gasteiger partial charge on any atom is -0.311 e. The van der Waals surface area contributed by atoms with Gasteiger partial charge in [0.2, 0.25) is 0 Å². The maximum absolute atomic E-state index is 6.05. The summed E-state index contributed by atoms with van der Waals surface area (Å²) in [5, 5.41) is 1.87. The Morgan fingerprint density at radius 2 is 1.72 bits per heavy atom. The maximum atomic E-state index is 6.05. The Bertz CT molecular complexity index is 558. The Morgan fingerprint density at radius 1 is 1.00 bits per heavy atom. The molecular formula is C16H18N2. The number of nitrogens with zero attached hydrogens (tertiary/aromatic N) is 1. The molecule has 2 aromatic rings.